The normalized spacial score (nSPS) is 10.6. The van der Waals surface area contributed by atoms with Gasteiger partial charge in [-0.05, 0) is 24.5 Å². The van der Waals surface area contributed by atoms with Crippen LogP contribution >= 0.6 is 0 Å². The van der Waals surface area contributed by atoms with Crippen molar-refractivity contribution < 1.29 is 0 Å². The molecule has 0 amide bonds. The quantitative estimate of drug-likeness (QED) is 0.876. The largest absolute Gasteiger partial charge is 0.352 e. The number of hydrogen-bond acceptors (Lipinski definition) is 4. The number of hydrogen-bond donors (Lipinski definition) is 1. The predicted molar refractivity (Wildman–Crippen MR) is 82.5 cm³/mol. The van der Waals surface area contributed by atoms with Gasteiger partial charge in [-0.1, -0.05) is 31.2 Å². The molecule has 1 aromatic carbocycles. The van der Waals surface area contributed by atoms with Crippen molar-refractivity contribution in [3.8, 4) is 0 Å². The molecule has 0 radical (unpaired) electrons. The number of rotatable bonds is 6. The molecular formula is C16H22N4. The Kier molecular flexibility index (Phi) is 5.07. The fourth-order valence-electron chi connectivity index (χ4n) is 2.22. The molecule has 0 spiro atoms. The Morgan fingerprint density at radius 3 is 2.50 bits per heavy atom. The molecule has 106 valence electrons. The van der Waals surface area contributed by atoms with Crippen LogP contribution in [0.25, 0.3) is 0 Å². The lowest BCUT2D eigenvalue weighted by atomic mass is 10.1. The van der Waals surface area contributed by atoms with Gasteiger partial charge in [0, 0.05) is 31.4 Å². The summed E-state index contributed by atoms with van der Waals surface area (Å²) in [6.45, 7) is 6.53. The lowest BCUT2D eigenvalue weighted by Gasteiger charge is -2.23. The van der Waals surface area contributed by atoms with Gasteiger partial charge in [-0.15, -0.1) is 0 Å². The second-order valence-corrected chi connectivity index (χ2v) is 4.71. The zero-order chi connectivity index (χ0) is 14.4. The van der Waals surface area contributed by atoms with Crippen molar-refractivity contribution in [2.45, 2.75) is 33.4 Å². The molecule has 0 aliphatic heterocycles. The van der Waals surface area contributed by atoms with Crippen LogP contribution in [0.3, 0.4) is 0 Å². The van der Waals surface area contributed by atoms with Crippen LogP contribution in [-0.2, 0) is 19.5 Å². The SMILES string of the molecule is CCc1cc(N(CC)Cc2ccccc2CN)ncn1. The topological polar surface area (TPSA) is 55.0 Å². The highest BCUT2D eigenvalue weighted by atomic mass is 15.2. The number of aromatic nitrogens is 2. The van der Waals surface area contributed by atoms with E-state index in [0.717, 1.165) is 31.0 Å². The molecule has 2 aromatic rings. The van der Waals surface area contributed by atoms with Gasteiger partial charge in [0.25, 0.3) is 0 Å². The first kappa shape index (κ1) is 14.5. The third-order valence-electron chi connectivity index (χ3n) is 3.48. The molecule has 1 aromatic heterocycles. The van der Waals surface area contributed by atoms with E-state index in [1.165, 1.54) is 11.1 Å². The summed E-state index contributed by atoms with van der Waals surface area (Å²) < 4.78 is 0. The number of aryl methyl sites for hydroxylation is 1. The van der Waals surface area contributed by atoms with E-state index in [4.69, 9.17) is 5.73 Å². The Morgan fingerprint density at radius 2 is 1.85 bits per heavy atom. The fourth-order valence-corrected chi connectivity index (χ4v) is 2.22. The minimum absolute atomic E-state index is 0.567. The van der Waals surface area contributed by atoms with Crippen LogP contribution < -0.4 is 10.6 Å². The first-order valence-electron chi connectivity index (χ1n) is 7.11. The molecule has 4 heteroatoms. The first-order valence-corrected chi connectivity index (χ1v) is 7.11. The molecule has 0 unspecified atom stereocenters. The van der Waals surface area contributed by atoms with E-state index < -0.39 is 0 Å². The standard InChI is InChI=1S/C16H22N4/c1-3-15-9-16(19-12-18-15)20(4-2)11-14-8-6-5-7-13(14)10-17/h5-9,12H,3-4,10-11,17H2,1-2H3. The Hall–Kier alpha value is -1.94. The molecule has 20 heavy (non-hydrogen) atoms. The molecule has 1 heterocycles. The molecule has 0 bridgehead atoms. The molecule has 2 N–H and O–H groups in total. The molecular weight excluding hydrogens is 248 g/mol. The Balaban J connectivity index is 2.24. The average Bonchev–Trinajstić information content (AvgIpc) is 2.53. The summed E-state index contributed by atoms with van der Waals surface area (Å²) in [7, 11) is 0. The maximum Gasteiger partial charge on any atom is 0.132 e. The summed E-state index contributed by atoms with van der Waals surface area (Å²) in [5.41, 5.74) is 9.33. The number of benzene rings is 1. The van der Waals surface area contributed by atoms with E-state index in [1.807, 2.05) is 6.07 Å². The predicted octanol–water partition coefficient (Wildman–Crippen LogP) is 2.52. The molecule has 0 saturated carbocycles. The monoisotopic (exact) mass is 270 g/mol. The van der Waals surface area contributed by atoms with E-state index >= 15 is 0 Å². The third-order valence-corrected chi connectivity index (χ3v) is 3.48. The van der Waals surface area contributed by atoms with Gasteiger partial charge in [0.2, 0.25) is 0 Å². The third kappa shape index (κ3) is 3.33. The molecule has 4 nitrogen and oxygen atoms in total. The van der Waals surface area contributed by atoms with Crippen molar-refractivity contribution in [1.82, 2.24) is 9.97 Å². The summed E-state index contributed by atoms with van der Waals surface area (Å²) in [5.74, 6) is 0.978. The van der Waals surface area contributed by atoms with Gasteiger partial charge in [0.1, 0.15) is 12.1 Å². The molecule has 0 fully saturated rings. The van der Waals surface area contributed by atoms with Gasteiger partial charge < -0.3 is 10.6 Å². The number of nitrogens with zero attached hydrogens (tertiary/aromatic N) is 3. The maximum atomic E-state index is 5.81. The average molecular weight is 270 g/mol. The molecule has 0 aliphatic carbocycles. The second kappa shape index (κ2) is 7.01. The van der Waals surface area contributed by atoms with Crippen molar-refractivity contribution in [2.75, 3.05) is 11.4 Å². The molecule has 0 aliphatic rings. The Bertz CT molecular complexity index is 554. The Morgan fingerprint density at radius 1 is 1.10 bits per heavy atom. The summed E-state index contributed by atoms with van der Waals surface area (Å²) in [5, 5.41) is 0. The van der Waals surface area contributed by atoms with Gasteiger partial charge in [-0.25, -0.2) is 9.97 Å². The lowest BCUT2D eigenvalue weighted by molar-refractivity contribution is 0.795. The fraction of sp³-hybridized carbons (Fsp3) is 0.375. The summed E-state index contributed by atoms with van der Waals surface area (Å²) in [6.07, 6.45) is 2.57. The minimum atomic E-state index is 0.567. The van der Waals surface area contributed by atoms with Crippen molar-refractivity contribution in [3.63, 3.8) is 0 Å². The van der Waals surface area contributed by atoms with Crippen LogP contribution in [0.2, 0.25) is 0 Å². The number of anilines is 1. The van der Waals surface area contributed by atoms with Crippen LogP contribution in [0.1, 0.15) is 30.7 Å². The molecule has 0 atom stereocenters. The highest BCUT2D eigenvalue weighted by Gasteiger charge is 2.09. The minimum Gasteiger partial charge on any atom is -0.352 e. The van der Waals surface area contributed by atoms with Crippen LogP contribution in [0.4, 0.5) is 5.82 Å². The highest BCUT2D eigenvalue weighted by Crippen LogP contribution is 2.17. The zero-order valence-electron chi connectivity index (χ0n) is 12.2. The van der Waals surface area contributed by atoms with Crippen molar-refractivity contribution in [1.29, 1.82) is 0 Å². The van der Waals surface area contributed by atoms with E-state index in [-0.39, 0.29) is 0 Å². The second-order valence-electron chi connectivity index (χ2n) is 4.71. The molecule has 0 saturated heterocycles. The zero-order valence-corrected chi connectivity index (χ0v) is 12.2. The van der Waals surface area contributed by atoms with Gasteiger partial charge in [0.15, 0.2) is 0 Å². The first-order chi connectivity index (χ1) is 9.78. The summed E-state index contributed by atoms with van der Waals surface area (Å²) in [6, 6.07) is 10.4. The van der Waals surface area contributed by atoms with Gasteiger partial charge >= 0.3 is 0 Å². The van der Waals surface area contributed by atoms with Crippen LogP contribution in [0, 0.1) is 0 Å². The van der Waals surface area contributed by atoms with Crippen LogP contribution in [-0.4, -0.2) is 16.5 Å². The summed E-state index contributed by atoms with van der Waals surface area (Å²) >= 11 is 0. The van der Waals surface area contributed by atoms with Gasteiger partial charge in [-0.2, -0.15) is 0 Å². The van der Waals surface area contributed by atoms with E-state index in [0.29, 0.717) is 6.54 Å². The number of nitrogens with two attached hydrogens (primary N) is 1. The van der Waals surface area contributed by atoms with Crippen LogP contribution in [0.5, 0.6) is 0 Å². The van der Waals surface area contributed by atoms with E-state index in [9.17, 15) is 0 Å². The van der Waals surface area contributed by atoms with Crippen molar-refractivity contribution in [2.24, 2.45) is 5.73 Å². The smallest absolute Gasteiger partial charge is 0.132 e. The lowest BCUT2D eigenvalue weighted by Crippen LogP contribution is -2.24. The summed E-state index contributed by atoms with van der Waals surface area (Å²) in [4.78, 5) is 10.9. The van der Waals surface area contributed by atoms with E-state index in [2.05, 4.69) is 53.0 Å². The maximum absolute atomic E-state index is 5.81. The van der Waals surface area contributed by atoms with Crippen LogP contribution in [0.15, 0.2) is 36.7 Å². The van der Waals surface area contributed by atoms with Crippen molar-refractivity contribution in [3.05, 3.63) is 53.5 Å². The Labute approximate surface area is 120 Å². The van der Waals surface area contributed by atoms with Gasteiger partial charge in [0.05, 0.1) is 0 Å². The van der Waals surface area contributed by atoms with Gasteiger partial charge in [-0.3, -0.25) is 0 Å². The van der Waals surface area contributed by atoms with Crippen molar-refractivity contribution >= 4 is 5.82 Å². The van der Waals surface area contributed by atoms with E-state index in [1.54, 1.807) is 6.33 Å². The molecule has 2 rings (SSSR count). The highest BCUT2D eigenvalue weighted by molar-refractivity contribution is 5.41.